The Balaban J connectivity index is 2.35. The van der Waals surface area contributed by atoms with Crippen LogP contribution in [0.15, 0.2) is 30.5 Å². The van der Waals surface area contributed by atoms with E-state index in [1.807, 2.05) is 0 Å². The van der Waals surface area contributed by atoms with Gasteiger partial charge in [-0.2, -0.15) is 5.10 Å². The van der Waals surface area contributed by atoms with E-state index in [0.29, 0.717) is 23.7 Å². The summed E-state index contributed by atoms with van der Waals surface area (Å²) in [5.74, 6) is -0.869. The summed E-state index contributed by atoms with van der Waals surface area (Å²) in [5.41, 5.74) is 1.12. The Labute approximate surface area is 116 Å². The van der Waals surface area contributed by atoms with E-state index in [2.05, 4.69) is 18.9 Å². The van der Waals surface area contributed by atoms with Gasteiger partial charge in [-0.1, -0.05) is 13.8 Å². The highest BCUT2D eigenvalue weighted by atomic mass is 19.1. The Morgan fingerprint density at radius 2 is 2.00 bits per heavy atom. The highest BCUT2D eigenvalue weighted by molar-refractivity contribution is 5.94. The van der Waals surface area contributed by atoms with E-state index < -0.39 is 5.97 Å². The first-order chi connectivity index (χ1) is 9.47. The molecule has 0 aliphatic rings. The maximum Gasteiger partial charge on any atom is 0.339 e. The lowest BCUT2D eigenvalue weighted by Crippen LogP contribution is -2.02. The van der Waals surface area contributed by atoms with Gasteiger partial charge in [0.05, 0.1) is 0 Å². The van der Waals surface area contributed by atoms with Crippen LogP contribution in [0.1, 0.15) is 30.6 Å². The summed E-state index contributed by atoms with van der Waals surface area (Å²) in [4.78, 5) is 11.3. The number of aromatic carboxylic acids is 1. The van der Waals surface area contributed by atoms with Gasteiger partial charge in [0.15, 0.2) is 0 Å². The average Bonchev–Trinajstić information content (AvgIpc) is 2.81. The first kappa shape index (κ1) is 14.2. The van der Waals surface area contributed by atoms with Gasteiger partial charge in [0.25, 0.3) is 0 Å². The molecule has 0 atom stereocenters. The van der Waals surface area contributed by atoms with E-state index >= 15 is 0 Å². The minimum Gasteiger partial charge on any atom is -0.478 e. The molecule has 2 rings (SSSR count). The van der Waals surface area contributed by atoms with Gasteiger partial charge in [-0.15, -0.1) is 0 Å². The van der Waals surface area contributed by atoms with Crippen molar-refractivity contribution in [3.8, 4) is 11.3 Å². The van der Waals surface area contributed by atoms with Crippen LogP contribution in [-0.4, -0.2) is 20.9 Å². The number of nitrogens with zero attached hydrogens (tertiary/aromatic N) is 2. The van der Waals surface area contributed by atoms with Crippen molar-refractivity contribution in [2.24, 2.45) is 5.92 Å². The lowest BCUT2D eigenvalue weighted by atomic mass is 10.1. The van der Waals surface area contributed by atoms with Crippen molar-refractivity contribution in [3.63, 3.8) is 0 Å². The second kappa shape index (κ2) is 5.86. The van der Waals surface area contributed by atoms with Crippen LogP contribution in [0.5, 0.6) is 0 Å². The number of aryl methyl sites for hydroxylation is 1. The zero-order valence-electron chi connectivity index (χ0n) is 11.5. The number of carboxylic acid groups (broad SMARTS) is 1. The van der Waals surface area contributed by atoms with Gasteiger partial charge in [-0.3, -0.25) is 4.68 Å². The normalized spacial score (nSPS) is 11.0. The Hall–Kier alpha value is -2.17. The number of hydrogen-bond donors (Lipinski definition) is 1. The third-order valence-electron chi connectivity index (χ3n) is 3.05. The fraction of sp³-hybridized carbons (Fsp3) is 0.333. The molecule has 0 unspecified atom stereocenters. The fourth-order valence-corrected chi connectivity index (χ4v) is 1.90. The Kier molecular flexibility index (Phi) is 4.17. The fourth-order valence-electron chi connectivity index (χ4n) is 1.90. The van der Waals surface area contributed by atoms with Crippen molar-refractivity contribution in [3.05, 3.63) is 41.8 Å². The van der Waals surface area contributed by atoms with Crippen LogP contribution in [0, 0.1) is 11.7 Å². The zero-order valence-corrected chi connectivity index (χ0v) is 11.5. The molecule has 0 bridgehead atoms. The molecule has 106 valence electrons. The summed E-state index contributed by atoms with van der Waals surface area (Å²) in [7, 11) is 0. The number of hydrogen-bond acceptors (Lipinski definition) is 2. The van der Waals surface area contributed by atoms with Crippen LogP contribution in [-0.2, 0) is 6.54 Å². The van der Waals surface area contributed by atoms with Crippen molar-refractivity contribution >= 4 is 5.97 Å². The van der Waals surface area contributed by atoms with Gasteiger partial charge >= 0.3 is 5.97 Å². The van der Waals surface area contributed by atoms with Gasteiger partial charge in [-0.25, -0.2) is 9.18 Å². The molecule has 20 heavy (non-hydrogen) atoms. The summed E-state index contributed by atoms with van der Waals surface area (Å²) in [6, 6.07) is 5.68. The van der Waals surface area contributed by atoms with E-state index in [1.54, 1.807) is 4.68 Å². The molecular weight excluding hydrogens is 259 g/mol. The van der Waals surface area contributed by atoms with Crippen LogP contribution >= 0.6 is 0 Å². The molecule has 5 heteroatoms. The molecule has 1 heterocycles. The maximum absolute atomic E-state index is 12.9. The number of carboxylic acids is 1. The second-order valence-electron chi connectivity index (χ2n) is 5.15. The molecule has 2 aromatic rings. The quantitative estimate of drug-likeness (QED) is 0.910. The standard InChI is InChI=1S/C15H17FN2O2/c1-10(2)7-8-18-9-13(15(19)20)14(17-18)11-3-5-12(16)6-4-11/h3-6,9-10H,7-8H2,1-2H3,(H,19,20). The topological polar surface area (TPSA) is 55.1 Å². The third-order valence-corrected chi connectivity index (χ3v) is 3.05. The largest absolute Gasteiger partial charge is 0.478 e. The molecule has 0 saturated carbocycles. The SMILES string of the molecule is CC(C)CCn1cc(C(=O)O)c(-c2ccc(F)cc2)n1. The van der Waals surface area contributed by atoms with Gasteiger partial charge < -0.3 is 5.11 Å². The van der Waals surface area contributed by atoms with Crippen molar-refractivity contribution in [1.82, 2.24) is 9.78 Å². The average molecular weight is 276 g/mol. The van der Waals surface area contributed by atoms with Crippen LogP contribution in [0.3, 0.4) is 0 Å². The van der Waals surface area contributed by atoms with Crippen molar-refractivity contribution < 1.29 is 14.3 Å². The molecule has 1 aromatic heterocycles. The zero-order chi connectivity index (χ0) is 14.7. The molecule has 0 saturated heterocycles. The maximum atomic E-state index is 12.9. The Morgan fingerprint density at radius 1 is 1.35 bits per heavy atom. The van der Waals surface area contributed by atoms with Gasteiger partial charge in [0.2, 0.25) is 0 Å². The number of halogens is 1. The molecular formula is C15H17FN2O2. The van der Waals surface area contributed by atoms with Crippen molar-refractivity contribution in [1.29, 1.82) is 0 Å². The molecule has 0 fully saturated rings. The number of carbonyl (C=O) groups is 1. The number of rotatable bonds is 5. The van der Waals surface area contributed by atoms with E-state index in [1.165, 1.54) is 30.5 Å². The molecule has 0 radical (unpaired) electrons. The summed E-state index contributed by atoms with van der Waals surface area (Å²) in [5, 5.41) is 13.6. The molecule has 0 aliphatic heterocycles. The Morgan fingerprint density at radius 3 is 2.55 bits per heavy atom. The lowest BCUT2D eigenvalue weighted by molar-refractivity contribution is 0.0697. The predicted octanol–water partition coefficient (Wildman–Crippen LogP) is 3.43. The highest BCUT2D eigenvalue weighted by Gasteiger charge is 2.17. The van der Waals surface area contributed by atoms with E-state index in [-0.39, 0.29) is 11.4 Å². The lowest BCUT2D eigenvalue weighted by Gasteiger charge is -2.04. The third kappa shape index (κ3) is 3.23. The molecule has 0 spiro atoms. The van der Waals surface area contributed by atoms with E-state index in [9.17, 15) is 14.3 Å². The molecule has 0 aliphatic carbocycles. The summed E-state index contributed by atoms with van der Waals surface area (Å²) >= 11 is 0. The minimum absolute atomic E-state index is 0.139. The first-order valence-electron chi connectivity index (χ1n) is 6.54. The van der Waals surface area contributed by atoms with Crippen molar-refractivity contribution in [2.75, 3.05) is 0 Å². The number of aromatic nitrogens is 2. The van der Waals surface area contributed by atoms with Gasteiger partial charge in [-0.05, 0) is 36.6 Å². The van der Waals surface area contributed by atoms with Gasteiger partial charge in [0, 0.05) is 18.3 Å². The van der Waals surface area contributed by atoms with Gasteiger partial charge in [0.1, 0.15) is 17.1 Å². The number of benzene rings is 1. The molecule has 4 nitrogen and oxygen atoms in total. The molecule has 1 aromatic carbocycles. The monoisotopic (exact) mass is 276 g/mol. The van der Waals surface area contributed by atoms with Crippen LogP contribution in [0.4, 0.5) is 4.39 Å². The molecule has 1 N–H and O–H groups in total. The first-order valence-corrected chi connectivity index (χ1v) is 6.54. The van der Waals surface area contributed by atoms with Crippen molar-refractivity contribution in [2.45, 2.75) is 26.8 Å². The molecule has 0 amide bonds. The summed E-state index contributed by atoms with van der Waals surface area (Å²) < 4.78 is 14.6. The highest BCUT2D eigenvalue weighted by Crippen LogP contribution is 2.22. The van der Waals surface area contributed by atoms with E-state index in [0.717, 1.165) is 6.42 Å². The smallest absolute Gasteiger partial charge is 0.339 e. The summed E-state index contributed by atoms with van der Waals surface area (Å²) in [6.07, 6.45) is 2.45. The summed E-state index contributed by atoms with van der Waals surface area (Å²) in [6.45, 7) is 4.87. The van der Waals surface area contributed by atoms with Crippen LogP contribution in [0.2, 0.25) is 0 Å². The second-order valence-corrected chi connectivity index (χ2v) is 5.15. The van der Waals surface area contributed by atoms with E-state index in [4.69, 9.17) is 0 Å². The minimum atomic E-state index is -1.03. The van der Waals surface area contributed by atoms with Crippen LogP contribution in [0.25, 0.3) is 11.3 Å². The van der Waals surface area contributed by atoms with Crippen LogP contribution < -0.4 is 0 Å². The Bertz CT molecular complexity index is 603. The predicted molar refractivity (Wildman–Crippen MR) is 74.0 cm³/mol.